The zero-order valence-electron chi connectivity index (χ0n) is 15.8. The van der Waals surface area contributed by atoms with Crippen LogP contribution < -0.4 is 10.2 Å². The molecule has 0 unspecified atom stereocenters. The Kier molecular flexibility index (Phi) is 5.34. The molecule has 1 amide bonds. The molecule has 146 valence electrons. The Hall–Kier alpha value is -3.36. The summed E-state index contributed by atoms with van der Waals surface area (Å²) in [5, 5.41) is 9.11. The number of halogens is 2. The van der Waals surface area contributed by atoms with Gasteiger partial charge in [-0.15, -0.1) is 0 Å². The standard InChI is InChI=1S/C19H19F2N5O2/c1-10-9-15(16-12(3)25-26(4)17(16)22-10)18(27)24-23-11(2)13-5-7-14(8-6-13)28-19(20)21/h5-9,19H,1-4H3,(H,24,27)/b23-11+. The molecular formula is C19H19F2N5O2. The summed E-state index contributed by atoms with van der Waals surface area (Å²) in [4.78, 5) is 17.1. The maximum atomic E-state index is 12.7. The van der Waals surface area contributed by atoms with Gasteiger partial charge < -0.3 is 4.74 Å². The van der Waals surface area contributed by atoms with Crippen molar-refractivity contribution in [3.05, 3.63) is 52.8 Å². The number of aryl methyl sites for hydroxylation is 3. The van der Waals surface area contributed by atoms with Gasteiger partial charge in [-0.1, -0.05) is 0 Å². The Balaban J connectivity index is 1.82. The number of pyridine rings is 1. The van der Waals surface area contributed by atoms with Gasteiger partial charge in [0.1, 0.15) is 5.75 Å². The first-order chi connectivity index (χ1) is 13.3. The molecule has 28 heavy (non-hydrogen) atoms. The zero-order valence-corrected chi connectivity index (χ0v) is 15.8. The van der Waals surface area contributed by atoms with Crippen LogP contribution in [0.1, 0.15) is 34.2 Å². The minimum Gasteiger partial charge on any atom is -0.435 e. The van der Waals surface area contributed by atoms with Crippen LogP contribution in [0.15, 0.2) is 35.4 Å². The number of hydrogen-bond acceptors (Lipinski definition) is 5. The third-order valence-corrected chi connectivity index (χ3v) is 4.16. The van der Waals surface area contributed by atoms with Crippen LogP contribution >= 0.6 is 0 Å². The first kappa shape index (κ1) is 19.4. The Bertz CT molecular complexity index is 1060. The number of carbonyl (C=O) groups is 1. The topological polar surface area (TPSA) is 81.4 Å². The van der Waals surface area contributed by atoms with Crippen molar-refractivity contribution in [2.75, 3.05) is 0 Å². The summed E-state index contributed by atoms with van der Waals surface area (Å²) < 4.78 is 30.4. The predicted octanol–water partition coefficient (Wildman–Crippen LogP) is 3.34. The van der Waals surface area contributed by atoms with Gasteiger partial charge in [0, 0.05) is 12.7 Å². The average molecular weight is 387 g/mol. The molecule has 0 fully saturated rings. The highest BCUT2D eigenvalue weighted by atomic mass is 19.3. The molecule has 3 aromatic rings. The summed E-state index contributed by atoms with van der Waals surface area (Å²) >= 11 is 0. The molecule has 0 aliphatic rings. The number of alkyl halides is 2. The van der Waals surface area contributed by atoms with E-state index < -0.39 is 6.61 Å². The molecule has 2 heterocycles. The lowest BCUT2D eigenvalue weighted by molar-refractivity contribution is -0.0498. The van der Waals surface area contributed by atoms with E-state index in [1.807, 2.05) is 6.92 Å². The molecule has 1 aromatic carbocycles. The second-order valence-electron chi connectivity index (χ2n) is 6.26. The Morgan fingerprint density at radius 2 is 1.93 bits per heavy atom. The highest BCUT2D eigenvalue weighted by Crippen LogP contribution is 2.21. The van der Waals surface area contributed by atoms with Gasteiger partial charge in [0.2, 0.25) is 0 Å². The van der Waals surface area contributed by atoms with Crippen molar-refractivity contribution >= 4 is 22.7 Å². The van der Waals surface area contributed by atoms with Crippen LogP contribution in [0.2, 0.25) is 0 Å². The van der Waals surface area contributed by atoms with Crippen molar-refractivity contribution in [2.45, 2.75) is 27.4 Å². The number of amides is 1. The van der Waals surface area contributed by atoms with E-state index in [0.29, 0.717) is 39.3 Å². The van der Waals surface area contributed by atoms with Gasteiger partial charge in [0.25, 0.3) is 5.91 Å². The number of hydrazone groups is 1. The Morgan fingerprint density at radius 1 is 1.25 bits per heavy atom. The van der Waals surface area contributed by atoms with Gasteiger partial charge in [0.05, 0.1) is 22.4 Å². The van der Waals surface area contributed by atoms with Crippen LogP contribution in [0.5, 0.6) is 5.75 Å². The third kappa shape index (κ3) is 3.98. The van der Waals surface area contributed by atoms with Crippen LogP contribution in [0.3, 0.4) is 0 Å². The molecule has 9 heteroatoms. The third-order valence-electron chi connectivity index (χ3n) is 4.16. The van der Waals surface area contributed by atoms with E-state index >= 15 is 0 Å². The number of ether oxygens (including phenoxy) is 1. The fourth-order valence-electron chi connectivity index (χ4n) is 2.89. The van der Waals surface area contributed by atoms with Gasteiger partial charge >= 0.3 is 6.61 Å². The highest BCUT2D eigenvalue weighted by Gasteiger charge is 2.17. The lowest BCUT2D eigenvalue weighted by Crippen LogP contribution is -2.20. The number of hydrogen-bond donors (Lipinski definition) is 1. The number of aromatic nitrogens is 3. The molecule has 3 rings (SSSR count). The molecule has 0 spiro atoms. The molecule has 0 aliphatic heterocycles. The molecule has 1 N–H and O–H groups in total. The first-order valence-corrected chi connectivity index (χ1v) is 8.47. The normalized spacial score (nSPS) is 11.9. The molecule has 0 radical (unpaired) electrons. The fraction of sp³-hybridized carbons (Fsp3) is 0.263. The number of fused-ring (bicyclic) bond motifs is 1. The second kappa shape index (κ2) is 7.71. The quantitative estimate of drug-likeness (QED) is 0.538. The number of rotatable bonds is 5. The minimum absolute atomic E-state index is 0.0530. The van der Waals surface area contributed by atoms with Crippen molar-refractivity contribution in [3.63, 3.8) is 0 Å². The van der Waals surface area contributed by atoms with Crippen molar-refractivity contribution in [2.24, 2.45) is 12.1 Å². The van der Waals surface area contributed by atoms with Crippen LogP contribution in [0.4, 0.5) is 8.78 Å². The molecule has 0 atom stereocenters. The molecular weight excluding hydrogens is 368 g/mol. The highest BCUT2D eigenvalue weighted by molar-refractivity contribution is 6.07. The lowest BCUT2D eigenvalue weighted by atomic mass is 10.1. The summed E-state index contributed by atoms with van der Waals surface area (Å²) in [7, 11) is 1.77. The minimum atomic E-state index is -2.88. The summed E-state index contributed by atoms with van der Waals surface area (Å²) in [6, 6.07) is 7.69. The second-order valence-corrected chi connectivity index (χ2v) is 6.26. The SMILES string of the molecule is C/C(=N\NC(=O)c1cc(C)nc2c1c(C)nn2C)c1ccc(OC(F)F)cc1. The van der Waals surface area contributed by atoms with E-state index in [1.54, 1.807) is 43.8 Å². The zero-order chi connectivity index (χ0) is 20.4. The van der Waals surface area contributed by atoms with Crippen LogP contribution in [0.25, 0.3) is 11.0 Å². The molecule has 0 bridgehead atoms. The van der Waals surface area contributed by atoms with Crippen molar-refractivity contribution in [1.29, 1.82) is 0 Å². The van der Waals surface area contributed by atoms with Gasteiger partial charge in [-0.3, -0.25) is 9.48 Å². The van der Waals surface area contributed by atoms with Crippen molar-refractivity contribution in [1.82, 2.24) is 20.2 Å². The van der Waals surface area contributed by atoms with E-state index in [9.17, 15) is 13.6 Å². The van der Waals surface area contributed by atoms with Crippen LogP contribution in [-0.4, -0.2) is 33.0 Å². The van der Waals surface area contributed by atoms with E-state index in [2.05, 4.69) is 25.3 Å². The summed E-state index contributed by atoms with van der Waals surface area (Å²) in [6.45, 7) is 2.44. The molecule has 0 saturated heterocycles. The number of carbonyl (C=O) groups excluding carboxylic acids is 1. The smallest absolute Gasteiger partial charge is 0.387 e. The van der Waals surface area contributed by atoms with E-state index in [-0.39, 0.29) is 11.7 Å². The largest absolute Gasteiger partial charge is 0.435 e. The molecule has 0 saturated carbocycles. The van der Waals surface area contributed by atoms with E-state index in [0.717, 1.165) is 0 Å². The Morgan fingerprint density at radius 3 is 2.57 bits per heavy atom. The van der Waals surface area contributed by atoms with Gasteiger partial charge in [-0.05, 0) is 56.7 Å². The maximum Gasteiger partial charge on any atom is 0.387 e. The fourth-order valence-corrected chi connectivity index (χ4v) is 2.89. The first-order valence-electron chi connectivity index (χ1n) is 8.47. The number of nitrogens with one attached hydrogen (secondary N) is 1. The number of benzene rings is 1. The number of nitrogens with zero attached hydrogens (tertiary/aromatic N) is 4. The Labute approximate surface area is 160 Å². The monoisotopic (exact) mass is 387 g/mol. The summed E-state index contributed by atoms with van der Waals surface area (Å²) in [6.07, 6.45) is 0. The van der Waals surface area contributed by atoms with Crippen molar-refractivity contribution in [3.8, 4) is 5.75 Å². The van der Waals surface area contributed by atoms with Gasteiger partial charge in [-0.25, -0.2) is 10.4 Å². The van der Waals surface area contributed by atoms with Gasteiger partial charge in [-0.2, -0.15) is 19.0 Å². The van der Waals surface area contributed by atoms with Gasteiger partial charge in [0.15, 0.2) is 5.65 Å². The maximum absolute atomic E-state index is 12.7. The van der Waals surface area contributed by atoms with E-state index in [1.165, 1.54) is 12.1 Å². The lowest BCUT2D eigenvalue weighted by Gasteiger charge is -2.07. The summed E-state index contributed by atoms with van der Waals surface area (Å²) in [5.74, 6) is -0.333. The summed E-state index contributed by atoms with van der Waals surface area (Å²) in [5.41, 5.74) is 6.16. The van der Waals surface area contributed by atoms with E-state index in [4.69, 9.17) is 0 Å². The van der Waals surface area contributed by atoms with Crippen LogP contribution in [-0.2, 0) is 7.05 Å². The molecule has 0 aliphatic carbocycles. The van der Waals surface area contributed by atoms with Crippen molar-refractivity contribution < 1.29 is 18.3 Å². The average Bonchev–Trinajstić information content (AvgIpc) is 2.92. The molecule has 7 nitrogen and oxygen atoms in total. The predicted molar refractivity (Wildman–Crippen MR) is 101 cm³/mol. The molecule has 2 aromatic heterocycles. The van der Waals surface area contributed by atoms with Crippen LogP contribution in [0, 0.1) is 13.8 Å².